The number of piperazine rings is 1. The third-order valence-electron chi connectivity index (χ3n) is 4.80. The fourth-order valence-corrected chi connectivity index (χ4v) is 4.70. The first-order valence-corrected chi connectivity index (χ1v) is 11.3. The molecule has 2 aromatic rings. The fraction of sp³-hybridized carbons (Fsp3) is 0.333. The number of carbonyl (C=O) groups is 2. The predicted octanol–water partition coefficient (Wildman–Crippen LogP) is 4.37. The van der Waals surface area contributed by atoms with E-state index in [9.17, 15) is 9.59 Å². The van der Waals surface area contributed by atoms with Gasteiger partial charge in [0.15, 0.2) is 6.61 Å². The van der Waals surface area contributed by atoms with Crippen LogP contribution in [0.2, 0.25) is 5.02 Å². The standard InChI is InChI=1S/C21H21Br2ClN2O4/c1-29-21(28)15-10-17(22)20(18(23)11-15)30-13-19(27)26-8-6-25(7-9-26)12-14-2-4-16(24)5-3-14/h2-5,10-11H,6-9,12-13H2,1H3. The number of esters is 1. The van der Waals surface area contributed by atoms with Gasteiger partial charge in [-0.2, -0.15) is 0 Å². The summed E-state index contributed by atoms with van der Waals surface area (Å²) < 4.78 is 11.6. The highest BCUT2D eigenvalue weighted by molar-refractivity contribution is 9.11. The van der Waals surface area contributed by atoms with Crippen molar-refractivity contribution in [2.75, 3.05) is 39.9 Å². The van der Waals surface area contributed by atoms with Gasteiger partial charge in [-0.15, -0.1) is 0 Å². The molecular weight excluding hydrogens is 540 g/mol. The van der Waals surface area contributed by atoms with Crippen molar-refractivity contribution in [3.05, 3.63) is 61.5 Å². The van der Waals surface area contributed by atoms with E-state index in [4.69, 9.17) is 21.1 Å². The maximum absolute atomic E-state index is 12.6. The van der Waals surface area contributed by atoms with Gasteiger partial charge in [0.1, 0.15) is 5.75 Å². The second-order valence-electron chi connectivity index (χ2n) is 6.83. The third kappa shape index (κ3) is 5.97. The van der Waals surface area contributed by atoms with E-state index in [1.807, 2.05) is 29.2 Å². The number of nitrogens with zero attached hydrogens (tertiary/aromatic N) is 2. The number of amides is 1. The van der Waals surface area contributed by atoms with Crippen molar-refractivity contribution in [2.45, 2.75) is 6.54 Å². The molecule has 6 nitrogen and oxygen atoms in total. The predicted molar refractivity (Wildman–Crippen MR) is 122 cm³/mol. The molecule has 2 aromatic carbocycles. The van der Waals surface area contributed by atoms with Crippen molar-refractivity contribution in [2.24, 2.45) is 0 Å². The first kappa shape index (κ1) is 23.1. The molecular formula is C21H21Br2ClN2O4. The highest BCUT2D eigenvalue weighted by Gasteiger charge is 2.22. The molecule has 0 saturated carbocycles. The number of methoxy groups -OCH3 is 1. The van der Waals surface area contributed by atoms with Gasteiger partial charge in [0, 0.05) is 37.7 Å². The van der Waals surface area contributed by atoms with Crippen molar-refractivity contribution < 1.29 is 19.1 Å². The molecule has 0 atom stereocenters. The van der Waals surface area contributed by atoms with Gasteiger partial charge in [-0.05, 0) is 61.7 Å². The smallest absolute Gasteiger partial charge is 0.337 e. The number of hydrogen-bond acceptors (Lipinski definition) is 5. The Morgan fingerprint density at radius 2 is 1.63 bits per heavy atom. The Hall–Kier alpha value is -1.61. The fourth-order valence-electron chi connectivity index (χ4n) is 3.16. The first-order chi connectivity index (χ1) is 14.4. The molecule has 1 saturated heterocycles. The lowest BCUT2D eigenvalue weighted by Gasteiger charge is -2.34. The summed E-state index contributed by atoms with van der Waals surface area (Å²) in [5.41, 5.74) is 1.58. The summed E-state index contributed by atoms with van der Waals surface area (Å²) in [5.74, 6) is -0.0511. The highest BCUT2D eigenvalue weighted by Crippen LogP contribution is 2.35. The molecule has 0 aromatic heterocycles. The summed E-state index contributed by atoms with van der Waals surface area (Å²) in [4.78, 5) is 28.4. The van der Waals surface area contributed by atoms with E-state index in [1.165, 1.54) is 12.7 Å². The van der Waals surface area contributed by atoms with Gasteiger partial charge in [0.2, 0.25) is 0 Å². The summed E-state index contributed by atoms with van der Waals surface area (Å²) >= 11 is 12.7. The molecule has 3 rings (SSSR count). The Kier molecular flexibility index (Phi) is 8.16. The summed E-state index contributed by atoms with van der Waals surface area (Å²) in [7, 11) is 1.32. The van der Waals surface area contributed by atoms with Crippen LogP contribution in [0, 0.1) is 0 Å². The number of benzene rings is 2. The van der Waals surface area contributed by atoms with Crippen LogP contribution in [-0.4, -0.2) is 61.6 Å². The van der Waals surface area contributed by atoms with Gasteiger partial charge in [0.05, 0.1) is 21.6 Å². The van der Waals surface area contributed by atoms with E-state index in [2.05, 4.69) is 36.8 Å². The van der Waals surface area contributed by atoms with Crippen LogP contribution in [0.5, 0.6) is 5.75 Å². The van der Waals surface area contributed by atoms with Crippen LogP contribution < -0.4 is 4.74 Å². The summed E-state index contributed by atoms with van der Waals surface area (Å²) in [6.45, 7) is 3.66. The van der Waals surface area contributed by atoms with E-state index in [-0.39, 0.29) is 12.5 Å². The van der Waals surface area contributed by atoms with E-state index in [0.29, 0.717) is 33.3 Å². The van der Waals surface area contributed by atoms with Crippen LogP contribution in [0.4, 0.5) is 0 Å². The molecule has 1 amide bonds. The molecule has 0 spiro atoms. The molecule has 160 valence electrons. The monoisotopic (exact) mass is 558 g/mol. The maximum Gasteiger partial charge on any atom is 0.337 e. The van der Waals surface area contributed by atoms with Crippen LogP contribution in [0.1, 0.15) is 15.9 Å². The van der Waals surface area contributed by atoms with Gasteiger partial charge >= 0.3 is 5.97 Å². The molecule has 1 fully saturated rings. The van der Waals surface area contributed by atoms with Crippen LogP contribution in [0.25, 0.3) is 0 Å². The molecule has 9 heteroatoms. The van der Waals surface area contributed by atoms with Crippen molar-refractivity contribution >= 4 is 55.3 Å². The van der Waals surface area contributed by atoms with Crippen LogP contribution in [0.15, 0.2) is 45.3 Å². The SMILES string of the molecule is COC(=O)c1cc(Br)c(OCC(=O)N2CCN(Cc3ccc(Cl)cc3)CC2)c(Br)c1. The number of hydrogen-bond donors (Lipinski definition) is 0. The second kappa shape index (κ2) is 10.6. The third-order valence-corrected chi connectivity index (χ3v) is 6.23. The Morgan fingerprint density at radius 1 is 1.03 bits per heavy atom. The Morgan fingerprint density at radius 3 is 2.20 bits per heavy atom. The van der Waals surface area contributed by atoms with E-state index in [1.54, 1.807) is 12.1 Å². The van der Waals surface area contributed by atoms with Gasteiger partial charge in [0.25, 0.3) is 5.91 Å². The highest BCUT2D eigenvalue weighted by atomic mass is 79.9. The van der Waals surface area contributed by atoms with Crippen molar-refractivity contribution in [1.82, 2.24) is 9.80 Å². The lowest BCUT2D eigenvalue weighted by atomic mass is 10.2. The quantitative estimate of drug-likeness (QED) is 0.491. The molecule has 30 heavy (non-hydrogen) atoms. The molecule has 1 aliphatic rings. The van der Waals surface area contributed by atoms with E-state index >= 15 is 0 Å². The first-order valence-electron chi connectivity index (χ1n) is 9.32. The van der Waals surface area contributed by atoms with E-state index < -0.39 is 5.97 Å². The number of halogens is 3. The molecule has 0 bridgehead atoms. The van der Waals surface area contributed by atoms with Crippen LogP contribution in [0.3, 0.4) is 0 Å². The number of ether oxygens (including phenoxy) is 2. The number of carbonyl (C=O) groups excluding carboxylic acids is 2. The van der Waals surface area contributed by atoms with Crippen molar-refractivity contribution in [3.8, 4) is 5.75 Å². The maximum atomic E-state index is 12.6. The largest absolute Gasteiger partial charge is 0.481 e. The normalized spacial score (nSPS) is 14.5. The average molecular weight is 561 g/mol. The summed E-state index contributed by atoms with van der Waals surface area (Å²) in [6, 6.07) is 11.0. The summed E-state index contributed by atoms with van der Waals surface area (Å²) in [5, 5.41) is 0.729. The van der Waals surface area contributed by atoms with E-state index in [0.717, 1.165) is 24.7 Å². The van der Waals surface area contributed by atoms with Gasteiger partial charge in [-0.25, -0.2) is 4.79 Å². The molecule has 0 radical (unpaired) electrons. The van der Waals surface area contributed by atoms with Crippen LogP contribution >= 0.6 is 43.5 Å². The zero-order valence-corrected chi connectivity index (χ0v) is 20.3. The zero-order valence-electron chi connectivity index (χ0n) is 16.4. The van der Waals surface area contributed by atoms with Crippen LogP contribution in [-0.2, 0) is 16.1 Å². The van der Waals surface area contributed by atoms with Gasteiger partial charge in [-0.3, -0.25) is 9.69 Å². The minimum absolute atomic E-state index is 0.0722. The second-order valence-corrected chi connectivity index (χ2v) is 8.98. The minimum atomic E-state index is -0.449. The lowest BCUT2D eigenvalue weighted by Crippen LogP contribution is -2.49. The van der Waals surface area contributed by atoms with Crippen molar-refractivity contribution in [3.63, 3.8) is 0 Å². The minimum Gasteiger partial charge on any atom is -0.481 e. The van der Waals surface area contributed by atoms with Gasteiger partial charge in [-0.1, -0.05) is 23.7 Å². The average Bonchev–Trinajstić information content (AvgIpc) is 2.74. The lowest BCUT2D eigenvalue weighted by molar-refractivity contribution is -0.135. The van der Waals surface area contributed by atoms with Crippen molar-refractivity contribution in [1.29, 1.82) is 0 Å². The zero-order chi connectivity index (χ0) is 21.7. The Bertz CT molecular complexity index is 893. The Labute approximate surface area is 197 Å². The van der Waals surface area contributed by atoms with Gasteiger partial charge < -0.3 is 14.4 Å². The molecule has 0 aliphatic carbocycles. The summed E-state index contributed by atoms with van der Waals surface area (Å²) in [6.07, 6.45) is 0. The Balaban J connectivity index is 1.50. The molecule has 1 heterocycles. The molecule has 1 aliphatic heterocycles. The topological polar surface area (TPSA) is 59.1 Å². The molecule has 0 unspecified atom stereocenters. The number of rotatable bonds is 6. The molecule has 0 N–H and O–H groups in total.